The maximum absolute atomic E-state index is 11.7. The van der Waals surface area contributed by atoms with Gasteiger partial charge in [-0.3, -0.25) is 4.79 Å². The average molecular weight is 679 g/mol. The monoisotopic (exact) mass is 679 g/mol. The number of nitrogens with two attached hydrogens (primary N) is 1. The Bertz CT molecular complexity index is 759. The van der Waals surface area contributed by atoms with E-state index < -0.39 is 12.0 Å². The maximum atomic E-state index is 11.7. The molecule has 0 fully saturated rings. The van der Waals surface area contributed by atoms with E-state index in [1.54, 1.807) is 25.1 Å². The van der Waals surface area contributed by atoms with Gasteiger partial charge in [-0.2, -0.15) is 0 Å². The summed E-state index contributed by atoms with van der Waals surface area (Å²) in [5.74, 6) is 1.21. The lowest BCUT2D eigenvalue weighted by Gasteiger charge is -2.14. The van der Waals surface area contributed by atoms with Crippen LogP contribution >= 0.6 is 67.8 Å². The fourth-order valence-corrected chi connectivity index (χ4v) is 4.69. The van der Waals surface area contributed by atoms with Gasteiger partial charge in [0.25, 0.3) is 0 Å². The molecule has 3 N–H and O–H groups in total. The molecule has 0 unspecified atom stereocenters. The van der Waals surface area contributed by atoms with Crippen molar-refractivity contribution < 1.29 is 19.4 Å². The molecule has 8 heteroatoms. The van der Waals surface area contributed by atoms with Crippen molar-refractivity contribution in [3.8, 4) is 17.2 Å². The van der Waals surface area contributed by atoms with Crippen LogP contribution in [0.3, 0.4) is 0 Å². The molecule has 0 aromatic heterocycles. The molecule has 0 saturated heterocycles. The van der Waals surface area contributed by atoms with Crippen molar-refractivity contribution >= 4 is 73.7 Å². The smallest absolute Gasteiger partial charge is 0.323 e. The first-order valence-electron chi connectivity index (χ1n) is 7.38. The molecule has 2 aromatic carbocycles. The third-order valence-corrected chi connectivity index (χ3v) is 5.71. The SMILES string of the molecule is CCOC(=O)[C@@H](N)Cc1cc(I)c(Oc2ccc(O)c(I)c2)c(I)c1. The molecule has 134 valence electrons. The van der Waals surface area contributed by atoms with Crippen LogP contribution in [0.2, 0.25) is 0 Å². The van der Waals surface area contributed by atoms with Crippen LogP contribution in [-0.2, 0) is 16.0 Å². The zero-order valence-electron chi connectivity index (χ0n) is 13.3. The highest BCUT2D eigenvalue weighted by Crippen LogP contribution is 2.34. The van der Waals surface area contributed by atoms with Crippen LogP contribution in [0, 0.1) is 10.7 Å². The van der Waals surface area contributed by atoms with E-state index in [-0.39, 0.29) is 5.75 Å². The number of ether oxygens (including phenoxy) is 2. The summed E-state index contributed by atoms with van der Waals surface area (Å²) < 4.78 is 13.5. The maximum Gasteiger partial charge on any atom is 0.323 e. The Balaban J connectivity index is 2.19. The summed E-state index contributed by atoms with van der Waals surface area (Å²) in [7, 11) is 0. The van der Waals surface area contributed by atoms with E-state index in [2.05, 4.69) is 45.2 Å². The Labute approximate surface area is 187 Å². The minimum absolute atomic E-state index is 0.223. The van der Waals surface area contributed by atoms with Gasteiger partial charge >= 0.3 is 5.97 Å². The lowest BCUT2D eigenvalue weighted by Crippen LogP contribution is -2.34. The Morgan fingerprint density at radius 3 is 2.36 bits per heavy atom. The molecule has 0 aliphatic carbocycles. The zero-order chi connectivity index (χ0) is 18.6. The zero-order valence-corrected chi connectivity index (χ0v) is 19.7. The van der Waals surface area contributed by atoms with Crippen LogP contribution < -0.4 is 10.5 Å². The Morgan fingerprint density at radius 1 is 1.16 bits per heavy atom. The number of halogens is 3. The number of carbonyl (C=O) groups excluding carboxylic acids is 1. The van der Waals surface area contributed by atoms with E-state index in [0.717, 1.165) is 22.0 Å². The van der Waals surface area contributed by atoms with Gasteiger partial charge in [0.2, 0.25) is 0 Å². The van der Waals surface area contributed by atoms with Gasteiger partial charge in [-0.25, -0.2) is 0 Å². The molecule has 0 amide bonds. The number of benzene rings is 2. The van der Waals surface area contributed by atoms with Gasteiger partial charge in [0.05, 0.1) is 17.3 Å². The van der Waals surface area contributed by atoms with Crippen molar-refractivity contribution in [2.45, 2.75) is 19.4 Å². The number of phenolic OH excluding ortho intramolecular Hbond substituents is 1. The molecule has 0 radical (unpaired) electrons. The average Bonchev–Trinajstić information content (AvgIpc) is 2.54. The Kier molecular flexibility index (Phi) is 8.01. The molecule has 0 aliphatic rings. The van der Waals surface area contributed by atoms with E-state index >= 15 is 0 Å². The van der Waals surface area contributed by atoms with E-state index in [4.69, 9.17) is 15.2 Å². The quantitative estimate of drug-likeness (QED) is 0.349. The van der Waals surface area contributed by atoms with E-state index in [1.165, 1.54) is 0 Å². The highest BCUT2D eigenvalue weighted by Gasteiger charge is 2.17. The molecule has 2 aromatic rings. The third kappa shape index (κ3) is 5.82. The molecule has 2 rings (SSSR count). The van der Waals surface area contributed by atoms with E-state index in [0.29, 0.717) is 18.8 Å². The molecular weight excluding hydrogens is 663 g/mol. The van der Waals surface area contributed by atoms with Gasteiger partial charge in [-0.15, -0.1) is 0 Å². The second kappa shape index (κ2) is 9.55. The van der Waals surface area contributed by atoms with Crippen molar-refractivity contribution in [1.29, 1.82) is 0 Å². The molecule has 0 spiro atoms. The fraction of sp³-hybridized carbons (Fsp3) is 0.235. The summed E-state index contributed by atoms with van der Waals surface area (Å²) in [6, 6.07) is 8.30. The first kappa shape index (κ1) is 21.0. The van der Waals surface area contributed by atoms with E-state index in [9.17, 15) is 9.90 Å². The van der Waals surface area contributed by atoms with Gasteiger partial charge < -0.3 is 20.3 Å². The van der Waals surface area contributed by atoms with Gasteiger partial charge in [0, 0.05) is 0 Å². The summed E-state index contributed by atoms with van der Waals surface area (Å²) in [5.41, 5.74) is 6.84. The van der Waals surface area contributed by atoms with Crippen molar-refractivity contribution in [3.05, 3.63) is 46.6 Å². The van der Waals surface area contributed by atoms with Crippen molar-refractivity contribution in [2.75, 3.05) is 6.61 Å². The molecule has 0 bridgehead atoms. The van der Waals surface area contributed by atoms with Crippen LogP contribution in [0.4, 0.5) is 0 Å². The predicted molar refractivity (Wildman–Crippen MR) is 121 cm³/mol. The number of carbonyl (C=O) groups is 1. The number of hydrogen-bond donors (Lipinski definition) is 2. The molecule has 0 aliphatic heterocycles. The van der Waals surface area contributed by atoms with Crippen LogP contribution in [-0.4, -0.2) is 23.7 Å². The minimum atomic E-state index is -0.683. The van der Waals surface area contributed by atoms with Gasteiger partial charge in [0.15, 0.2) is 5.75 Å². The van der Waals surface area contributed by atoms with Crippen LogP contribution in [0.1, 0.15) is 12.5 Å². The van der Waals surface area contributed by atoms with Crippen LogP contribution in [0.5, 0.6) is 17.2 Å². The highest BCUT2D eigenvalue weighted by molar-refractivity contribution is 14.1. The highest BCUT2D eigenvalue weighted by atomic mass is 127. The molecular formula is C17H16I3NO4. The molecule has 25 heavy (non-hydrogen) atoms. The molecule has 0 saturated carbocycles. The predicted octanol–water partition coefficient (Wildman–Crippen LogP) is 4.43. The molecule has 1 atom stereocenters. The summed E-state index contributed by atoms with van der Waals surface area (Å²) in [4.78, 5) is 11.7. The fourth-order valence-electron chi connectivity index (χ4n) is 2.08. The third-order valence-electron chi connectivity index (χ3n) is 3.24. The number of esters is 1. The first-order chi connectivity index (χ1) is 11.8. The number of rotatable bonds is 6. The largest absolute Gasteiger partial charge is 0.507 e. The Hall–Kier alpha value is -0.340. The summed E-state index contributed by atoms with van der Waals surface area (Å²) in [5, 5.41) is 9.61. The first-order valence-corrected chi connectivity index (χ1v) is 10.6. The lowest BCUT2D eigenvalue weighted by molar-refractivity contribution is -0.144. The number of phenols is 1. The molecule has 5 nitrogen and oxygen atoms in total. The number of aromatic hydroxyl groups is 1. The summed E-state index contributed by atoms with van der Waals surface area (Å²) in [6.07, 6.45) is 0.405. The van der Waals surface area contributed by atoms with Crippen LogP contribution in [0.15, 0.2) is 30.3 Å². The lowest BCUT2D eigenvalue weighted by atomic mass is 10.1. The van der Waals surface area contributed by atoms with Gasteiger partial charge in [0.1, 0.15) is 17.5 Å². The van der Waals surface area contributed by atoms with Crippen molar-refractivity contribution in [2.24, 2.45) is 5.73 Å². The summed E-state index contributed by atoms with van der Waals surface area (Å²) >= 11 is 6.44. The normalized spacial score (nSPS) is 11.9. The van der Waals surface area contributed by atoms with Gasteiger partial charge in [-0.1, -0.05) is 0 Å². The molecule has 0 heterocycles. The summed E-state index contributed by atoms with van der Waals surface area (Å²) in [6.45, 7) is 2.08. The second-order valence-electron chi connectivity index (χ2n) is 5.17. The topological polar surface area (TPSA) is 81.8 Å². The standard InChI is InChI=1S/C17H16I3NO4/c1-2-24-17(23)14(21)7-9-5-12(19)16(13(20)6-9)25-10-3-4-15(22)11(18)8-10/h3-6,8,14,22H,2,7,21H2,1H3/t14-/m0/s1. The van der Waals surface area contributed by atoms with Crippen LogP contribution in [0.25, 0.3) is 0 Å². The Morgan fingerprint density at radius 2 is 1.80 bits per heavy atom. The second-order valence-corrected chi connectivity index (χ2v) is 8.65. The van der Waals surface area contributed by atoms with Crippen molar-refractivity contribution in [3.63, 3.8) is 0 Å². The number of hydrogen-bond acceptors (Lipinski definition) is 5. The minimum Gasteiger partial charge on any atom is -0.507 e. The van der Waals surface area contributed by atoms with E-state index in [1.807, 2.05) is 34.7 Å². The van der Waals surface area contributed by atoms with Crippen molar-refractivity contribution in [1.82, 2.24) is 0 Å². The van der Waals surface area contributed by atoms with Gasteiger partial charge in [-0.05, 0) is 117 Å².